The molecule has 0 radical (unpaired) electrons. The van der Waals surface area contributed by atoms with Crippen LogP contribution in [0.1, 0.15) is 18.9 Å². The maximum Gasteiger partial charge on any atom is 0.153 e. The second kappa shape index (κ2) is 7.74. The van der Waals surface area contributed by atoms with E-state index in [1.807, 2.05) is 6.07 Å². The number of hydrogen-bond donors (Lipinski definition) is 0. The molecule has 2 aliphatic rings. The normalized spacial score (nSPS) is 25.4. The summed E-state index contributed by atoms with van der Waals surface area (Å²) in [6, 6.07) is 19.4. The van der Waals surface area contributed by atoms with Crippen LogP contribution in [-0.2, 0) is 16.4 Å². The SMILES string of the molecule is CCCN1CCN(Cc2ccc(-c3ccccc3)cc2)[C@@H]2CS(=O)(=O)C[C@@H]21. The van der Waals surface area contributed by atoms with Crippen molar-refractivity contribution in [3.05, 3.63) is 60.2 Å². The van der Waals surface area contributed by atoms with E-state index in [2.05, 4.69) is 65.3 Å². The van der Waals surface area contributed by atoms with E-state index in [0.717, 1.165) is 32.6 Å². The first kappa shape index (κ1) is 18.7. The fourth-order valence-corrected chi connectivity index (χ4v) is 6.57. The molecule has 0 amide bonds. The van der Waals surface area contributed by atoms with E-state index >= 15 is 0 Å². The molecule has 144 valence electrons. The topological polar surface area (TPSA) is 40.6 Å². The van der Waals surface area contributed by atoms with Crippen LogP contribution in [0, 0.1) is 0 Å². The van der Waals surface area contributed by atoms with Crippen LogP contribution in [0.15, 0.2) is 54.6 Å². The van der Waals surface area contributed by atoms with Gasteiger partial charge in [0.15, 0.2) is 9.84 Å². The molecular formula is C22H28N2O2S. The highest BCUT2D eigenvalue weighted by Crippen LogP contribution is 2.29. The summed E-state index contributed by atoms with van der Waals surface area (Å²) < 4.78 is 24.6. The van der Waals surface area contributed by atoms with E-state index in [9.17, 15) is 8.42 Å². The Morgan fingerprint density at radius 3 is 2.11 bits per heavy atom. The number of sulfone groups is 1. The minimum absolute atomic E-state index is 0.129. The number of nitrogens with zero attached hydrogens (tertiary/aromatic N) is 2. The van der Waals surface area contributed by atoms with Crippen LogP contribution in [0.4, 0.5) is 0 Å². The first-order valence-corrected chi connectivity index (χ1v) is 11.7. The van der Waals surface area contributed by atoms with Gasteiger partial charge in [0.2, 0.25) is 0 Å². The van der Waals surface area contributed by atoms with Gasteiger partial charge in [0, 0.05) is 31.7 Å². The quantitative estimate of drug-likeness (QED) is 0.794. The summed E-state index contributed by atoms with van der Waals surface area (Å²) in [5.74, 6) is 0.626. The van der Waals surface area contributed by atoms with Crippen LogP contribution in [0.2, 0.25) is 0 Å². The van der Waals surface area contributed by atoms with Gasteiger partial charge in [-0.15, -0.1) is 0 Å². The van der Waals surface area contributed by atoms with E-state index in [-0.39, 0.29) is 12.1 Å². The van der Waals surface area contributed by atoms with Crippen LogP contribution in [0.25, 0.3) is 11.1 Å². The van der Waals surface area contributed by atoms with Gasteiger partial charge in [0.05, 0.1) is 11.5 Å². The van der Waals surface area contributed by atoms with Crippen molar-refractivity contribution < 1.29 is 8.42 Å². The van der Waals surface area contributed by atoms with Gasteiger partial charge < -0.3 is 0 Å². The molecule has 0 bridgehead atoms. The van der Waals surface area contributed by atoms with Gasteiger partial charge in [-0.25, -0.2) is 8.42 Å². The van der Waals surface area contributed by atoms with Crippen molar-refractivity contribution in [1.29, 1.82) is 0 Å². The second-order valence-electron chi connectivity index (χ2n) is 7.78. The smallest absolute Gasteiger partial charge is 0.153 e. The summed E-state index contributed by atoms with van der Waals surface area (Å²) >= 11 is 0. The Morgan fingerprint density at radius 2 is 1.44 bits per heavy atom. The summed E-state index contributed by atoms with van der Waals surface area (Å²) in [5.41, 5.74) is 3.69. The minimum atomic E-state index is -2.93. The second-order valence-corrected chi connectivity index (χ2v) is 9.93. The first-order chi connectivity index (χ1) is 13.1. The van der Waals surface area contributed by atoms with Crippen LogP contribution >= 0.6 is 0 Å². The van der Waals surface area contributed by atoms with Gasteiger partial charge >= 0.3 is 0 Å². The highest BCUT2D eigenvalue weighted by Gasteiger charge is 2.46. The van der Waals surface area contributed by atoms with Gasteiger partial charge in [-0.1, -0.05) is 61.5 Å². The van der Waals surface area contributed by atoms with Crippen LogP contribution in [0.5, 0.6) is 0 Å². The van der Waals surface area contributed by atoms with E-state index < -0.39 is 9.84 Å². The third-order valence-corrected chi connectivity index (χ3v) is 7.56. The Kier molecular flexibility index (Phi) is 5.35. The third kappa shape index (κ3) is 4.10. The van der Waals surface area contributed by atoms with Crippen molar-refractivity contribution in [2.24, 2.45) is 0 Å². The molecule has 5 heteroatoms. The molecule has 4 rings (SSSR count). The molecule has 2 aromatic carbocycles. The van der Waals surface area contributed by atoms with Crippen molar-refractivity contribution in [1.82, 2.24) is 9.80 Å². The zero-order valence-corrected chi connectivity index (χ0v) is 16.7. The number of piperazine rings is 1. The number of hydrogen-bond acceptors (Lipinski definition) is 4. The minimum Gasteiger partial charge on any atom is -0.297 e. The molecular weight excluding hydrogens is 356 g/mol. The Hall–Kier alpha value is -1.69. The van der Waals surface area contributed by atoms with Crippen molar-refractivity contribution in [2.75, 3.05) is 31.1 Å². The Balaban J connectivity index is 1.49. The molecule has 0 aliphatic carbocycles. The molecule has 27 heavy (non-hydrogen) atoms. The van der Waals surface area contributed by atoms with Crippen molar-refractivity contribution in [3.63, 3.8) is 0 Å². The van der Waals surface area contributed by atoms with E-state index in [0.29, 0.717) is 11.5 Å². The Labute approximate surface area is 162 Å². The van der Waals surface area contributed by atoms with Gasteiger partial charge in [-0.3, -0.25) is 9.80 Å². The molecule has 2 aliphatic heterocycles. The lowest BCUT2D eigenvalue weighted by Crippen LogP contribution is -2.58. The predicted molar refractivity (Wildman–Crippen MR) is 110 cm³/mol. The molecule has 0 unspecified atom stereocenters. The molecule has 2 fully saturated rings. The molecule has 0 aromatic heterocycles. The zero-order valence-electron chi connectivity index (χ0n) is 15.9. The fourth-order valence-electron chi connectivity index (χ4n) is 4.53. The standard InChI is InChI=1S/C22H28N2O2S/c1-2-12-23-13-14-24(22-17-27(25,26)16-21(22)23)15-18-8-10-20(11-9-18)19-6-4-3-5-7-19/h3-11,21-22H,2,12-17H2,1H3/t21-,22+/m0/s1. The zero-order chi connectivity index (χ0) is 18.9. The van der Waals surface area contributed by atoms with Crippen LogP contribution in [0.3, 0.4) is 0 Å². The summed E-state index contributed by atoms with van der Waals surface area (Å²) in [7, 11) is -2.93. The molecule has 2 heterocycles. The van der Waals surface area contributed by atoms with Crippen molar-refractivity contribution in [2.45, 2.75) is 32.0 Å². The first-order valence-electron chi connectivity index (χ1n) is 9.88. The van der Waals surface area contributed by atoms with Gasteiger partial charge in [0.1, 0.15) is 0 Å². The molecule has 4 nitrogen and oxygen atoms in total. The van der Waals surface area contributed by atoms with Gasteiger partial charge in [-0.2, -0.15) is 0 Å². The van der Waals surface area contributed by atoms with E-state index in [4.69, 9.17) is 0 Å². The summed E-state index contributed by atoms with van der Waals surface area (Å²) in [6.45, 7) is 5.89. The third-order valence-electron chi connectivity index (χ3n) is 5.86. The number of benzene rings is 2. The number of fused-ring (bicyclic) bond motifs is 1. The van der Waals surface area contributed by atoms with Crippen molar-refractivity contribution >= 4 is 9.84 Å². The van der Waals surface area contributed by atoms with Crippen LogP contribution in [-0.4, -0.2) is 61.4 Å². The molecule has 0 N–H and O–H groups in total. The lowest BCUT2D eigenvalue weighted by Gasteiger charge is -2.44. The maximum atomic E-state index is 12.3. The largest absolute Gasteiger partial charge is 0.297 e. The Bertz CT molecular complexity index is 865. The Morgan fingerprint density at radius 1 is 0.852 bits per heavy atom. The van der Waals surface area contributed by atoms with E-state index in [1.54, 1.807) is 0 Å². The molecule has 0 saturated carbocycles. The maximum absolute atomic E-state index is 12.3. The number of rotatable bonds is 5. The van der Waals surface area contributed by atoms with E-state index in [1.165, 1.54) is 16.7 Å². The summed E-state index contributed by atoms with van der Waals surface area (Å²) in [4.78, 5) is 4.78. The molecule has 2 atom stereocenters. The molecule has 0 spiro atoms. The predicted octanol–water partition coefficient (Wildman–Crippen LogP) is 3.05. The molecule has 2 aromatic rings. The summed E-state index contributed by atoms with van der Waals surface area (Å²) in [6.07, 6.45) is 1.07. The van der Waals surface area contributed by atoms with Crippen LogP contribution < -0.4 is 0 Å². The average molecular weight is 385 g/mol. The van der Waals surface area contributed by atoms with Gasteiger partial charge in [0.25, 0.3) is 0 Å². The molecule has 2 saturated heterocycles. The highest BCUT2D eigenvalue weighted by atomic mass is 32.2. The lowest BCUT2D eigenvalue weighted by molar-refractivity contribution is 0.0405. The fraction of sp³-hybridized carbons (Fsp3) is 0.455. The monoisotopic (exact) mass is 384 g/mol. The highest BCUT2D eigenvalue weighted by molar-refractivity contribution is 7.91. The van der Waals surface area contributed by atoms with Gasteiger partial charge in [-0.05, 0) is 29.7 Å². The summed E-state index contributed by atoms with van der Waals surface area (Å²) in [5, 5.41) is 0. The van der Waals surface area contributed by atoms with Crippen molar-refractivity contribution in [3.8, 4) is 11.1 Å². The lowest BCUT2D eigenvalue weighted by atomic mass is 10.0. The average Bonchev–Trinajstić information content (AvgIpc) is 3.01.